The Labute approximate surface area is 169 Å². The van der Waals surface area contributed by atoms with E-state index in [1.807, 2.05) is 37.3 Å². The number of rotatable bonds is 5. The number of amides is 1. The number of carbonyl (C=O) groups excluding carboxylic acids is 1. The lowest BCUT2D eigenvalue weighted by molar-refractivity contribution is -0.121. The Balaban J connectivity index is 1.60. The number of fused-ring (bicyclic) bond motifs is 1. The topological polar surface area (TPSA) is 75.7 Å². The first-order valence-electron chi connectivity index (χ1n) is 9.13. The smallest absolute Gasteiger partial charge is 0.265 e. The highest BCUT2D eigenvalue weighted by molar-refractivity contribution is 7.92. The molecule has 0 saturated carbocycles. The number of aryl methyl sites for hydroxylation is 1. The molecule has 0 atom stereocenters. The third kappa shape index (κ3) is 4.09. The molecule has 7 heteroatoms. The summed E-state index contributed by atoms with van der Waals surface area (Å²) >= 11 is 0. The number of ether oxygens (including phenoxy) is 1. The first-order valence-corrected chi connectivity index (χ1v) is 10.6. The average molecular weight is 408 g/mol. The Morgan fingerprint density at radius 2 is 1.72 bits per heavy atom. The van der Waals surface area contributed by atoms with E-state index < -0.39 is 10.0 Å². The fourth-order valence-electron chi connectivity index (χ4n) is 3.14. The maximum atomic E-state index is 12.6. The van der Waals surface area contributed by atoms with Crippen LogP contribution in [-0.4, -0.2) is 20.9 Å². The summed E-state index contributed by atoms with van der Waals surface area (Å²) in [6.07, 6.45) is 0. The lowest BCUT2D eigenvalue weighted by Crippen LogP contribution is -2.38. The van der Waals surface area contributed by atoms with Crippen LogP contribution in [0.5, 0.6) is 5.75 Å². The molecule has 0 saturated heterocycles. The Bertz CT molecular complexity index is 1140. The summed E-state index contributed by atoms with van der Waals surface area (Å²) in [5.41, 5.74) is 2.97. The molecule has 4 rings (SSSR count). The molecule has 0 radical (unpaired) electrons. The second-order valence-electron chi connectivity index (χ2n) is 6.86. The normalized spacial score (nSPS) is 13.6. The van der Waals surface area contributed by atoms with Gasteiger partial charge in [-0.3, -0.25) is 9.52 Å². The van der Waals surface area contributed by atoms with E-state index in [9.17, 15) is 13.2 Å². The van der Waals surface area contributed by atoms with Crippen molar-refractivity contribution in [2.24, 2.45) is 0 Å². The van der Waals surface area contributed by atoms with E-state index in [1.54, 1.807) is 47.4 Å². The molecule has 6 nitrogen and oxygen atoms in total. The van der Waals surface area contributed by atoms with E-state index in [0.717, 1.165) is 11.1 Å². The molecule has 0 unspecified atom stereocenters. The van der Waals surface area contributed by atoms with Crippen molar-refractivity contribution in [2.45, 2.75) is 18.4 Å². The summed E-state index contributed by atoms with van der Waals surface area (Å²) in [6.45, 7) is 2.23. The standard InChI is InChI=1S/C22H20N2O4S/c1-16-7-10-19(11-8-16)29(26,27)23-18-9-12-20-21(13-18)28-15-22(25)24(20)14-17-5-3-2-4-6-17/h2-13,23H,14-15H2,1H3. The highest BCUT2D eigenvalue weighted by atomic mass is 32.2. The molecule has 1 heterocycles. The van der Waals surface area contributed by atoms with E-state index >= 15 is 0 Å². The summed E-state index contributed by atoms with van der Waals surface area (Å²) < 4.78 is 33.4. The lowest BCUT2D eigenvalue weighted by Gasteiger charge is -2.29. The van der Waals surface area contributed by atoms with Crippen LogP contribution < -0.4 is 14.4 Å². The minimum Gasteiger partial charge on any atom is -0.481 e. The molecule has 0 aromatic heterocycles. The second-order valence-corrected chi connectivity index (χ2v) is 8.54. The van der Waals surface area contributed by atoms with Gasteiger partial charge in [-0.1, -0.05) is 48.0 Å². The molecular formula is C22H20N2O4S. The monoisotopic (exact) mass is 408 g/mol. The molecule has 148 valence electrons. The van der Waals surface area contributed by atoms with Crippen molar-refractivity contribution >= 4 is 27.3 Å². The van der Waals surface area contributed by atoms with Gasteiger partial charge in [0.1, 0.15) is 5.75 Å². The van der Waals surface area contributed by atoms with Crippen molar-refractivity contribution in [2.75, 3.05) is 16.2 Å². The molecule has 1 amide bonds. The van der Waals surface area contributed by atoms with Crippen LogP contribution in [0.15, 0.2) is 77.7 Å². The fourth-order valence-corrected chi connectivity index (χ4v) is 4.19. The Morgan fingerprint density at radius 3 is 2.45 bits per heavy atom. The molecule has 1 aliphatic rings. The Kier molecular flexibility index (Phi) is 4.98. The molecule has 1 aliphatic heterocycles. The third-order valence-electron chi connectivity index (χ3n) is 4.67. The van der Waals surface area contributed by atoms with Gasteiger partial charge >= 0.3 is 0 Å². The highest BCUT2D eigenvalue weighted by Gasteiger charge is 2.26. The first kappa shape index (κ1) is 19.0. The first-order chi connectivity index (χ1) is 13.9. The fraction of sp³-hybridized carbons (Fsp3) is 0.136. The van der Waals surface area contributed by atoms with Crippen molar-refractivity contribution in [1.29, 1.82) is 0 Å². The number of hydrogen-bond acceptors (Lipinski definition) is 4. The summed E-state index contributed by atoms with van der Waals surface area (Å²) in [4.78, 5) is 14.2. The van der Waals surface area contributed by atoms with Gasteiger partial charge < -0.3 is 9.64 Å². The van der Waals surface area contributed by atoms with Crippen molar-refractivity contribution in [1.82, 2.24) is 0 Å². The molecular weight excluding hydrogens is 388 g/mol. The van der Waals surface area contributed by atoms with Crippen LogP contribution >= 0.6 is 0 Å². The van der Waals surface area contributed by atoms with Crippen molar-refractivity contribution < 1.29 is 17.9 Å². The SMILES string of the molecule is Cc1ccc(S(=O)(=O)Nc2ccc3c(c2)OCC(=O)N3Cc2ccccc2)cc1. The molecule has 1 N–H and O–H groups in total. The van der Waals surface area contributed by atoms with E-state index in [4.69, 9.17) is 4.74 Å². The van der Waals surface area contributed by atoms with Gasteiger partial charge in [0.05, 0.1) is 22.8 Å². The van der Waals surface area contributed by atoms with Gasteiger partial charge in [-0.25, -0.2) is 8.42 Å². The molecule has 29 heavy (non-hydrogen) atoms. The molecule has 0 spiro atoms. The Morgan fingerprint density at radius 1 is 1.00 bits per heavy atom. The van der Waals surface area contributed by atoms with Gasteiger partial charge in [0.2, 0.25) is 0 Å². The van der Waals surface area contributed by atoms with E-state index in [1.165, 1.54) is 0 Å². The van der Waals surface area contributed by atoms with Gasteiger partial charge in [0, 0.05) is 6.07 Å². The number of carbonyl (C=O) groups is 1. The lowest BCUT2D eigenvalue weighted by atomic mass is 10.1. The van der Waals surface area contributed by atoms with Crippen LogP contribution in [0, 0.1) is 6.92 Å². The van der Waals surface area contributed by atoms with Crippen molar-refractivity contribution in [3.63, 3.8) is 0 Å². The maximum absolute atomic E-state index is 12.6. The van der Waals surface area contributed by atoms with Crippen LogP contribution in [0.25, 0.3) is 0 Å². The molecule has 0 bridgehead atoms. The molecule has 0 aliphatic carbocycles. The number of nitrogens with one attached hydrogen (secondary N) is 1. The zero-order valence-corrected chi connectivity index (χ0v) is 16.6. The molecule has 3 aromatic rings. The average Bonchev–Trinajstić information content (AvgIpc) is 2.71. The van der Waals surface area contributed by atoms with Gasteiger partial charge in [0.25, 0.3) is 15.9 Å². The van der Waals surface area contributed by atoms with Crippen LogP contribution in [0.2, 0.25) is 0 Å². The highest BCUT2D eigenvalue weighted by Crippen LogP contribution is 2.36. The minimum absolute atomic E-state index is 0.0893. The van der Waals surface area contributed by atoms with Crippen LogP contribution in [-0.2, 0) is 21.4 Å². The zero-order chi connectivity index (χ0) is 20.4. The largest absolute Gasteiger partial charge is 0.481 e. The van der Waals surface area contributed by atoms with E-state index in [0.29, 0.717) is 23.7 Å². The number of hydrogen-bond donors (Lipinski definition) is 1. The molecule has 3 aromatic carbocycles. The third-order valence-corrected chi connectivity index (χ3v) is 6.07. The summed E-state index contributed by atoms with van der Waals surface area (Å²) in [6, 6.07) is 21.2. The summed E-state index contributed by atoms with van der Waals surface area (Å²) in [5.74, 6) is 0.318. The van der Waals surface area contributed by atoms with Gasteiger partial charge in [-0.05, 0) is 36.8 Å². The summed E-state index contributed by atoms with van der Waals surface area (Å²) in [7, 11) is -3.72. The van der Waals surface area contributed by atoms with Gasteiger partial charge in [-0.2, -0.15) is 0 Å². The van der Waals surface area contributed by atoms with Crippen LogP contribution in [0.3, 0.4) is 0 Å². The van der Waals surface area contributed by atoms with E-state index in [2.05, 4.69) is 4.72 Å². The van der Waals surface area contributed by atoms with Gasteiger partial charge in [0.15, 0.2) is 6.61 Å². The quantitative estimate of drug-likeness (QED) is 0.698. The Hall–Kier alpha value is -3.32. The zero-order valence-electron chi connectivity index (χ0n) is 15.8. The predicted octanol–water partition coefficient (Wildman–Crippen LogP) is 3.72. The second kappa shape index (κ2) is 7.60. The number of nitrogens with zero attached hydrogens (tertiary/aromatic N) is 1. The van der Waals surface area contributed by atoms with Crippen LogP contribution in [0.4, 0.5) is 11.4 Å². The van der Waals surface area contributed by atoms with E-state index in [-0.39, 0.29) is 17.4 Å². The van der Waals surface area contributed by atoms with Crippen molar-refractivity contribution in [3.8, 4) is 5.75 Å². The molecule has 0 fully saturated rings. The number of anilines is 2. The minimum atomic E-state index is -3.72. The maximum Gasteiger partial charge on any atom is 0.265 e. The predicted molar refractivity (Wildman–Crippen MR) is 112 cm³/mol. The van der Waals surface area contributed by atoms with Gasteiger partial charge in [-0.15, -0.1) is 0 Å². The van der Waals surface area contributed by atoms with Crippen molar-refractivity contribution in [3.05, 3.63) is 83.9 Å². The number of benzene rings is 3. The van der Waals surface area contributed by atoms with Crippen LogP contribution in [0.1, 0.15) is 11.1 Å². The number of sulfonamides is 1. The summed E-state index contributed by atoms with van der Waals surface area (Å²) in [5, 5.41) is 0.